The zero-order chi connectivity index (χ0) is 20.4. The van der Waals surface area contributed by atoms with Gasteiger partial charge < -0.3 is 10.1 Å². The monoisotopic (exact) mass is 393 g/mol. The lowest BCUT2D eigenvalue weighted by Crippen LogP contribution is -2.20. The number of hydrogen-bond acceptors (Lipinski definition) is 4. The second-order valence-corrected chi connectivity index (χ2v) is 8.84. The molecule has 0 aliphatic heterocycles. The minimum Gasteiger partial charge on any atom is -0.497 e. The Hall–Kier alpha value is -2.43. The lowest BCUT2D eigenvalue weighted by atomic mass is 9.91. The van der Waals surface area contributed by atoms with Gasteiger partial charge in [-0.05, 0) is 54.9 Å². The van der Waals surface area contributed by atoms with Crippen LogP contribution < -0.4 is 10.1 Å². The van der Waals surface area contributed by atoms with Gasteiger partial charge in [0.25, 0.3) is 0 Å². The highest BCUT2D eigenvalue weighted by molar-refractivity contribution is 5.90. The number of methoxy groups -OCH3 is 1. The summed E-state index contributed by atoms with van der Waals surface area (Å²) < 4.78 is 5.39. The van der Waals surface area contributed by atoms with Gasteiger partial charge in [0.2, 0.25) is 5.91 Å². The third-order valence-corrected chi connectivity index (χ3v) is 6.05. The fourth-order valence-electron chi connectivity index (χ4n) is 4.57. The van der Waals surface area contributed by atoms with Crippen LogP contribution in [0.2, 0.25) is 0 Å². The summed E-state index contributed by atoms with van der Waals surface area (Å²) in [6.45, 7) is 4.12. The first-order valence-corrected chi connectivity index (χ1v) is 10.9. The SMILES string of the molecule is COc1ccc2c(c1)CCc1nc(NC(=O)CC(C)C)c(CC3CCCC3)nc1-2. The molecule has 154 valence electrons. The van der Waals surface area contributed by atoms with Crippen molar-refractivity contribution in [2.45, 2.75) is 65.2 Å². The van der Waals surface area contributed by atoms with E-state index < -0.39 is 0 Å². The molecule has 1 aromatic heterocycles. The molecule has 0 saturated heterocycles. The Bertz CT molecular complexity index is 901. The van der Waals surface area contributed by atoms with E-state index in [-0.39, 0.29) is 5.91 Å². The highest BCUT2D eigenvalue weighted by atomic mass is 16.5. The molecule has 1 fully saturated rings. The second-order valence-electron chi connectivity index (χ2n) is 8.84. The predicted molar refractivity (Wildman–Crippen MR) is 115 cm³/mol. The normalized spacial score (nSPS) is 15.9. The largest absolute Gasteiger partial charge is 0.497 e. The summed E-state index contributed by atoms with van der Waals surface area (Å²) in [5, 5.41) is 3.08. The molecular weight excluding hydrogens is 362 g/mol. The molecule has 4 rings (SSSR count). The first-order valence-electron chi connectivity index (χ1n) is 10.9. The summed E-state index contributed by atoms with van der Waals surface area (Å²) >= 11 is 0. The van der Waals surface area contributed by atoms with Crippen LogP contribution in [-0.4, -0.2) is 23.0 Å². The number of fused-ring (bicyclic) bond motifs is 3. The van der Waals surface area contributed by atoms with E-state index >= 15 is 0 Å². The summed E-state index contributed by atoms with van der Waals surface area (Å²) in [6.07, 6.45) is 8.21. The molecule has 2 aliphatic carbocycles. The number of ether oxygens (including phenoxy) is 1. The van der Waals surface area contributed by atoms with Gasteiger partial charge in [-0.25, -0.2) is 9.97 Å². The smallest absolute Gasteiger partial charge is 0.225 e. The molecule has 1 amide bonds. The van der Waals surface area contributed by atoms with E-state index in [1.165, 1.54) is 31.2 Å². The number of benzene rings is 1. The molecular formula is C24H31N3O2. The van der Waals surface area contributed by atoms with Crippen LogP contribution in [0.4, 0.5) is 5.82 Å². The van der Waals surface area contributed by atoms with Crippen LogP contribution in [0.1, 0.15) is 62.9 Å². The summed E-state index contributed by atoms with van der Waals surface area (Å²) in [4.78, 5) is 22.5. The van der Waals surface area contributed by atoms with Crippen molar-refractivity contribution in [1.29, 1.82) is 0 Å². The Kier molecular flexibility index (Phi) is 5.84. The molecule has 0 unspecified atom stereocenters. The molecule has 0 radical (unpaired) electrons. The molecule has 1 saturated carbocycles. The Labute approximate surface area is 173 Å². The first-order chi connectivity index (χ1) is 14.0. The van der Waals surface area contributed by atoms with Gasteiger partial charge in [-0.1, -0.05) is 39.5 Å². The van der Waals surface area contributed by atoms with Crippen molar-refractivity contribution in [2.24, 2.45) is 11.8 Å². The van der Waals surface area contributed by atoms with Crippen molar-refractivity contribution in [2.75, 3.05) is 12.4 Å². The third kappa shape index (κ3) is 4.44. The zero-order valence-corrected chi connectivity index (χ0v) is 17.8. The fourth-order valence-corrected chi connectivity index (χ4v) is 4.57. The maximum atomic E-state index is 12.5. The summed E-state index contributed by atoms with van der Waals surface area (Å²) in [7, 11) is 1.70. The van der Waals surface area contributed by atoms with Crippen molar-refractivity contribution in [3.63, 3.8) is 0 Å². The van der Waals surface area contributed by atoms with Gasteiger partial charge in [0, 0.05) is 12.0 Å². The van der Waals surface area contributed by atoms with Crippen molar-refractivity contribution in [3.8, 4) is 17.0 Å². The van der Waals surface area contributed by atoms with Gasteiger partial charge in [0.1, 0.15) is 5.75 Å². The van der Waals surface area contributed by atoms with E-state index in [1.54, 1.807) is 7.11 Å². The molecule has 5 heteroatoms. The van der Waals surface area contributed by atoms with Crippen molar-refractivity contribution in [1.82, 2.24) is 9.97 Å². The number of hydrogen-bond donors (Lipinski definition) is 1. The standard InChI is InChI=1S/C24H31N3O2/c1-15(2)12-22(28)27-24-21(13-16-6-4-5-7-16)25-23-19-10-9-18(29-3)14-17(19)8-11-20(23)26-24/h9-10,14-16H,4-8,11-13H2,1-3H3,(H,26,27,28). The number of aryl methyl sites for hydroxylation is 2. The summed E-state index contributed by atoms with van der Waals surface area (Å²) in [6, 6.07) is 6.19. The Morgan fingerprint density at radius 1 is 1.21 bits per heavy atom. The van der Waals surface area contributed by atoms with E-state index in [0.717, 1.165) is 47.7 Å². The number of carbonyl (C=O) groups excluding carboxylic acids is 1. The van der Waals surface area contributed by atoms with Gasteiger partial charge in [-0.15, -0.1) is 0 Å². The Morgan fingerprint density at radius 3 is 2.72 bits per heavy atom. The zero-order valence-electron chi connectivity index (χ0n) is 17.8. The number of rotatable bonds is 6. The number of nitrogens with zero attached hydrogens (tertiary/aromatic N) is 2. The lowest BCUT2D eigenvalue weighted by Gasteiger charge is -2.22. The van der Waals surface area contributed by atoms with E-state index in [9.17, 15) is 4.79 Å². The van der Waals surface area contributed by atoms with Gasteiger partial charge in [0.15, 0.2) is 5.82 Å². The quantitative estimate of drug-likeness (QED) is 0.753. The maximum absolute atomic E-state index is 12.5. The molecule has 0 atom stereocenters. The van der Waals surface area contributed by atoms with Crippen LogP contribution in [0.3, 0.4) is 0 Å². The molecule has 0 spiro atoms. The Morgan fingerprint density at radius 2 is 2.00 bits per heavy atom. The molecule has 5 nitrogen and oxygen atoms in total. The average Bonchev–Trinajstić information content (AvgIpc) is 3.20. The number of amides is 1. The topological polar surface area (TPSA) is 64.1 Å². The average molecular weight is 394 g/mol. The number of aromatic nitrogens is 2. The fraction of sp³-hybridized carbons (Fsp3) is 0.542. The highest BCUT2D eigenvalue weighted by Gasteiger charge is 2.25. The molecule has 1 aromatic carbocycles. The maximum Gasteiger partial charge on any atom is 0.225 e. The third-order valence-electron chi connectivity index (χ3n) is 6.05. The van der Waals surface area contributed by atoms with Crippen molar-refractivity contribution in [3.05, 3.63) is 35.2 Å². The van der Waals surface area contributed by atoms with Gasteiger partial charge >= 0.3 is 0 Å². The molecule has 29 heavy (non-hydrogen) atoms. The van der Waals surface area contributed by atoms with Crippen molar-refractivity contribution < 1.29 is 9.53 Å². The molecule has 0 bridgehead atoms. The minimum atomic E-state index is 0.0304. The van der Waals surface area contributed by atoms with E-state index in [1.807, 2.05) is 6.07 Å². The van der Waals surface area contributed by atoms with E-state index in [2.05, 4.69) is 31.3 Å². The van der Waals surface area contributed by atoms with Crippen LogP contribution in [0, 0.1) is 11.8 Å². The molecule has 1 N–H and O–H groups in total. The first kappa shape index (κ1) is 19.9. The second kappa shape index (κ2) is 8.52. The molecule has 2 aliphatic rings. The minimum absolute atomic E-state index is 0.0304. The number of carbonyl (C=O) groups is 1. The van der Waals surface area contributed by atoms with E-state index in [0.29, 0.717) is 24.1 Å². The van der Waals surface area contributed by atoms with Gasteiger partial charge in [0.05, 0.1) is 24.2 Å². The van der Waals surface area contributed by atoms with Crippen molar-refractivity contribution >= 4 is 11.7 Å². The number of anilines is 1. The van der Waals surface area contributed by atoms with Crippen LogP contribution in [0.25, 0.3) is 11.3 Å². The van der Waals surface area contributed by atoms with E-state index in [4.69, 9.17) is 14.7 Å². The Balaban J connectivity index is 1.71. The summed E-state index contributed by atoms with van der Waals surface area (Å²) in [5.74, 6) is 2.55. The predicted octanol–water partition coefficient (Wildman–Crippen LogP) is 4.97. The van der Waals surface area contributed by atoms with Gasteiger partial charge in [-0.2, -0.15) is 0 Å². The molecule has 2 aromatic rings. The van der Waals surface area contributed by atoms with Gasteiger partial charge in [-0.3, -0.25) is 4.79 Å². The lowest BCUT2D eigenvalue weighted by molar-refractivity contribution is -0.116. The highest BCUT2D eigenvalue weighted by Crippen LogP contribution is 2.36. The van der Waals surface area contributed by atoms with Crippen LogP contribution in [0.5, 0.6) is 5.75 Å². The van der Waals surface area contributed by atoms with Crippen LogP contribution >= 0.6 is 0 Å². The number of nitrogens with one attached hydrogen (secondary N) is 1. The molecule has 1 heterocycles. The van der Waals surface area contributed by atoms with Crippen LogP contribution in [-0.2, 0) is 24.1 Å². The summed E-state index contributed by atoms with van der Waals surface area (Å²) in [5.41, 5.74) is 5.31. The van der Waals surface area contributed by atoms with Crippen LogP contribution in [0.15, 0.2) is 18.2 Å².